The number of nitrogens with one attached hydrogen (secondary N) is 1. The van der Waals surface area contributed by atoms with Gasteiger partial charge in [0.1, 0.15) is 5.75 Å². The number of nitro groups is 1. The molecule has 1 aliphatic heterocycles. The Morgan fingerprint density at radius 2 is 1.90 bits per heavy atom. The Balaban J connectivity index is 1.85. The fourth-order valence-electron chi connectivity index (χ4n) is 2.85. The second kappa shape index (κ2) is 7.83. The number of ether oxygens (including phenoxy) is 3. The Morgan fingerprint density at radius 1 is 1.21 bits per heavy atom. The summed E-state index contributed by atoms with van der Waals surface area (Å²) in [6.45, 7) is 6.21. The molecule has 152 valence electrons. The molecule has 0 spiro atoms. The Labute approximate surface area is 168 Å². The topological polar surface area (TPSA) is 99.9 Å². The highest BCUT2D eigenvalue weighted by molar-refractivity contribution is 6.03. The first-order valence-corrected chi connectivity index (χ1v) is 8.94. The van der Waals surface area contributed by atoms with Crippen LogP contribution in [0.15, 0.2) is 36.4 Å². The zero-order valence-electron chi connectivity index (χ0n) is 16.6. The van der Waals surface area contributed by atoms with E-state index in [1.54, 1.807) is 6.07 Å². The van der Waals surface area contributed by atoms with Crippen molar-refractivity contribution < 1.29 is 23.9 Å². The van der Waals surface area contributed by atoms with Crippen molar-refractivity contribution in [3.63, 3.8) is 0 Å². The Morgan fingerprint density at radius 3 is 2.52 bits per heavy atom. The minimum absolute atomic E-state index is 0.00402. The van der Waals surface area contributed by atoms with Gasteiger partial charge in [-0.15, -0.1) is 0 Å². The van der Waals surface area contributed by atoms with Crippen LogP contribution in [0.3, 0.4) is 0 Å². The molecule has 3 rings (SSSR count). The maximum Gasteiger partial charge on any atom is 0.280 e. The van der Waals surface area contributed by atoms with Gasteiger partial charge >= 0.3 is 0 Å². The molecule has 0 aliphatic carbocycles. The maximum absolute atomic E-state index is 12.5. The van der Waals surface area contributed by atoms with Crippen LogP contribution in [0.5, 0.6) is 17.2 Å². The van der Waals surface area contributed by atoms with Crippen molar-refractivity contribution in [3.8, 4) is 17.2 Å². The molecule has 1 aliphatic rings. The number of hydrogen-bond donors (Lipinski definition) is 1. The van der Waals surface area contributed by atoms with Crippen LogP contribution in [0.1, 0.15) is 31.9 Å². The summed E-state index contributed by atoms with van der Waals surface area (Å²) in [5.74, 6) is 0.785. The molecule has 1 heterocycles. The van der Waals surface area contributed by atoms with Gasteiger partial charge in [0.05, 0.1) is 29.4 Å². The number of benzene rings is 2. The first kappa shape index (κ1) is 20.2. The number of carbonyl (C=O) groups excluding carboxylic acids is 1. The third-order valence-electron chi connectivity index (χ3n) is 4.46. The summed E-state index contributed by atoms with van der Waals surface area (Å²) in [5, 5.41) is 14.1. The molecule has 1 amide bonds. The molecule has 2 aromatic carbocycles. The van der Waals surface area contributed by atoms with Gasteiger partial charge in [0, 0.05) is 6.08 Å². The molecule has 0 atom stereocenters. The lowest BCUT2D eigenvalue weighted by Gasteiger charge is -2.21. The summed E-state index contributed by atoms with van der Waals surface area (Å²) in [7, 11) is 1.52. The molecule has 0 unspecified atom stereocenters. The van der Waals surface area contributed by atoms with E-state index in [9.17, 15) is 14.9 Å². The first-order chi connectivity index (χ1) is 13.7. The van der Waals surface area contributed by atoms with Gasteiger partial charge < -0.3 is 19.5 Å². The van der Waals surface area contributed by atoms with E-state index in [2.05, 4.69) is 26.1 Å². The molecule has 0 aromatic heterocycles. The molecule has 1 N–H and O–H groups in total. The van der Waals surface area contributed by atoms with Gasteiger partial charge in [-0.3, -0.25) is 14.9 Å². The van der Waals surface area contributed by atoms with Gasteiger partial charge in [-0.25, -0.2) is 0 Å². The average molecular weight is 398 g/mol. The van der Waals surface area contributed by atoms with E-state index in [4.69, 9.17) is 14.2 Å². The predicted octanol–water partition coefficient (Wildman–Crippen LogP) is 4.28. The van der Waals surface area contributed by atoms with Crippen molar-refractivity contribution in [1.82, 2.24) is 0 Å². The van der Waals surface area contributed by atoms with Crippen LogP contribution in [0, 0.1) is 10.1 Å². The Kier molecular flexibility index (Phi) is 5.45. The molecular weight excluding hydrogens is 376 g/mol. The highest BCUT2D eigenvalue weighted by Gasteiger charge is 2.22. The summed E-state index contributed by atoms with van der Waals surface area (Å²) in [6, 6.07) is 8.36. The third kappa shape index (κ3) is 4.48. The van der Waals surface area contributed by atoms with E-state index in [-0.39, 0.29) is 23.5 Å². The van der Waals surface area contributed by atoms with Gasteiger partial charge in [-0.1, -0.05) is 26.8 Å². The maximum atomic E-state index is 12.5. The van der Waals surface area contributed by atoms with Crippen molar-refractivity contribution in [1.29, 1.82) is 0 Å². The van der Waals surface area contributed by atoms with Gasteiger partial charge in [-0.2, -0.15) is 0 Å². The lowest BCUT2D eigenvalue weighted by molar-refractivity contribution is -0.385. The molecule has 0 fully saturated rings. The number of rotatable bonds is 5. The minimum Gasteiger partial charge on any atom is -0.495 e. The molecule has 0 saturated heterocycles. The molecule has 8 heteroatoms. The number of anilines is 1. The fourth-order valence-corrected chi connectivity index (χ4v) is 2.85. The van der Waals surface area contributed by atoms with E-state index in [1.807, 2.05) is 12.1 Å². The zero-order chi connectivity index (χ0) is 21.2. The quantitative estimate of drug-likeness (QED) is 0.458. The van der Waals surface area contributed by atoms with Crippen LogP contribution in [0.2, 0.25) is 0 Å². The van der Waals surface area contributed by atoms with E-state index >= 15 is 0 Å². The first-order valence-electron chi connectivity index (χ1n) is 8.94. The average Bonchev–Trinajstić information content (AvgIpc) is 3.12. The number of nitro benzene ring substituents is 1. The number of amides is 1. The van der Waals surface area contributed by atoms with E-state index in [0.717, 1.165) is 5.56 Å². The number of carbonyl (C=O) groups is 1. The molecule has 0 saturated carbocycles. The van der Waals surface area contributed by atoms with Crippen LogP contribution < -0.4 is 19.5 Å². The molecule has 0 bridgehead atoms. The number of fused-ring (bicyclic) bond motifs is 1. The van der Waals surface area contributed by atoms with Crippen molar-refractivity contribution >= 4 is 23.4 Å². The van der Waals surface area contributed by atoms with Gasteiger partial charge in [0.15, 0.2) is 11.5 Å². The Bertz CT molecular complexity index is 991. The van der Waals surface area contributed by atoms with E-state index in [1.165, 1.54) is 31.4 Å². The molecule has 0 radical (unpaired) electrons. The summed E-state index contributed by atoms with van der Waals surface area (Å²) >= 11 is 0. The smallest absolute Gasteiger partial charge is 0.280 e. The number of nitrogens with zero attached hydrogens (tertiary/aromatic N) is 1. The van der Waals surface area contributed by atoms with Crippen molar-refractivity contribution in [2.24, 2.45) is 0 Å². The summed E-state index contributed by atoms with van der Waals surface area (Å²) in [5.41, 5.74) is 1.52. The number of methoxy groups -OCH3 is 1. The van der Waals surface area contributed by atoms with Crippen LogP contribution in [-0.4, -0.2) is 24.7 Å². The largest absolute Gasteiger partial charge is 0.495 e. The van der Waals surface area contributed by atoms with E-state index < -0.39 is 10.8 Å². The third-order valence-corrected chi connectivity index (χ3v) is 4.46. The SMILES string of the molecule is COc1ccc(C(C)(C)C)cc1NC(=O)/C=C/c1cc2c(cc1[N+](=O)[O-])OCO2. The van der Waals surface area contributed by atoms with Crippen LogP contribution in [-0.2, 0) is 10.2 Å². The fraction of sp³-hybridized carbons (Fsp3) is 0.286. The standard InChI is InChI=1S/C21H22N2O6/c1-21(2,3)14-6-7-17(27-4)15(10-14)22-20(24)8-5-13-9-18-19(29-12-28-18)11-16(13)23(25)26/h5-11H,12H2,1-4H3,(H,22,24)/b8-5+. The molecular formula is C21H22N2O6. The highest BCUT2D eigenvalue weighted by Crippen LogP contribution is 2.38. The number of hydrogen-bond acceptors (Lipinski definition) is 6. The van der Waals surface area contributed by atoms with Crippen LogP contribution >= 0.6 is 0 Å². The summed E-state index contributed by atoms with van der Waals surface area (Å²) < 4.78 is 15.7. The summed E-state index contributed by atoms with van der Waals surface area (Å²) in [4.78, 5) is 23.2. The lowest BCUT2D eigenvalue weighted by Crippen LogP contribution is -2.14. The van der Waals surface area contributed by atoms with Gasteiger partial charge in [0.2, 0.25) is 12.7 Å². The van der Waals surface area contributed by atoms with Gasteiger partial charge in [0.25, 0.3) is 5.69 Å². The molecule has 2 aromatic rings. The van der Waals surface area contributed by atoms with Crippen LogP contribution in [0.4, 0.5) is 11.4 Å². The van der Waals surface area contributed by atoms with Crippen LogP contribution in [0.25, 0.3) is 6.08 Å². The summed E-state index contributed by atoms with van der Waals surface area (Å²) in [6.07, 6.45) is 2.60. The Hall–Kier alpha value is -3.55. The van der Waals surface area contributed by atoms with Crippen molar-refractivity contribution in [3.05, 3.63) is 57.6 Å². The van der Waals surface area contributed by atoms with Crippen molar-refractivity contribution in [2.45, 2.75) is 26.2 Å². The second-order valence-corrected chi connectivity index (χ2v) is 7.51. The second-order valence-electron chi connectivity index (χ2n) is 7.51. The minimum atomic E-state index is -0.532. The highest BCUT2D eigenvalue weighted by atomic mass is 16.7. The predicted molar refractivity (Wildman–Crippen MR) is 109 cm³/mol. The van der Waals surface area contributed by atoms with Crippen molar-refractivity contribution in [2.75, 3.05) is 19.2 Å². The normalized spacial score (nSPS) is 12.8. The molecule has 8 nitrogen and oxygen atoms in total. The zero-order valence-corrected chi connectivity index (χ0v) is 16.6. The molecule has 29 heavy (non-hydrogen) atoms. The van der Waals surface area contributed by atoms with E-state index in [0.29, 0.717) is 22.9 Å². The monoisotopic (exact) mass is 398 g/mol. The lowest BCUT2D eigenvalue weighted by atomic mass is 9.87. The van der Waals surface area contributed by atoms with Gasteiger partial charge in [-0.05, 0) is 35.3 Å².